The summed E-state index contributed by atoms with van der Waals surface area (Å²) in [6.07, 6.45) is 5.42. The van der Waals surface area contributed by atoms with E-state index in [1.807, 2.05) is 25.3 Å². The minimum Gasteiger partial charge on any atom is -0.469 e. The summed E-state index contributed by atoms with van der Waals surface area (Å²) in [6.45, 7) is 4.93. The summed E-state index contributed by atoms with van der Waals surface area (Å²) < 4.78 is 4.96. The number of nitrogens with zero attached hydrogens (tertiary/aromatic N) is 4. The Balaban J connectivity index is 1.39. The maximum Gasteiger partial charge on any atom is 0.308 e. The molecule has 0 saturated heterocycles. The first-order valence-electron chi connectivity index (χ1n) is 13.7. The van der Waals surface area contributed by atoms with Gasteiger partial charge < -0.3 is 15.0 Å². The van der Waals surface area contributed by atoms with Gasteiger partial charge in [-0.15, -0.1) is 16.4 Å². The Kier molecular flexibility index (Phi) is 8.68. The SMILES string of the molecule is COC(=O)C1CCC(c2cc3c(N[C@H](C)c4cc(-c5c(Cl)cccc5CN(C)C)cs4)nnc(C)c3cn2)CC1. The normalized spacial score (nSPS) is 18.2. The third-order valence-electron chi connectivity index (χ3n) is 7.82. The van der Waals surface area contributed by atoms with E-state index in [4.69, 9.17) is 21.3 Å². The van der Waals surface area contributed by atoms with Gasteiger partial charge in [0.2, 0.25) is 0 Å². The fourth-order valence-corrected chi connectivity index (χ4v) is 6.87. The van der Waals surface area contributed by atoms with Gasteiger partial charge in [0.05, 0.1) is 24.8 Å². The second-order valence-corrected chi connectivity index (χ2v) is 12.3. The van der Waals surface area contributed by atoms with Gasteiger partial charge in [0.25, 0.3) is 0 Å². The van der Waals surface area contributed by atoms with E-state index in [0.717, 1.165) is 76.4 Å². The highest BCUT2D eigenvalue weighted by Gasteiger charge is 2.28. The Hall–Kier alpha value is -3.07. The average molecular weight is 578 g/mol. The number of methoxy groups -OCH3 is 1. The second-order valence-electron chi connectivity index (χ2n) is 11.0. The number of esters is 1. The maximum absolute atomic E-state index is 12.0. The molecule has 1 aliphatic carbocycles. The van der Waals surface area contributed by atoms with Crippen molar-refractivity contribution in [2.75, 3.05) is 26.5 Å². The van der Waals surface area contributed by atoms with Crippen LogP contribution < -0.4 is 5.32 Å². The van der Waals surface area contributed by atoms with Crippen LogP contribution in [-0.4, -0.2) is 47.3 Å². The van der Waals surface area contributed by atoms with Crippen LogP contribution in [0.5, 0.6) is 0 Å². The molecule has 0 amide bonds. The van der Waals surface area contributed by atoms with Crippen molar-refractivity contribution in [3.05, 3.63) is 68.8 Å². The summed E-state index contributed by atoms with van der Waals surface area (Å²) >= 11 is 8.39. The van der Waals surface area contributed by atoms with Crippen LogP contribution in [0.2, 0.25) is 5.02 Å². The molecular formula is C31H36ClN5O2S. The van der Waals surface area contributed by atoms with Crippen LogP contribution in [-0.2, 0) is 16.1 Å². The Morgan fingerprint density at radius 2 is 1.95 bits per heavy atom. The van der Waals surface area contributed by atoms with E-state index in [1.165, 1.54) is 17.6 Å². The van der Waals surface area contributed by atoms with Gasteiger partial charge >= 0.3 is 5.97 Å². The third-order valence-corrected chi connectivity index (χ3v) is 9.26. The van der Waals surface area contributed by atoms with Crippen LogP contribution in [0.3, 0.4) is 0 Å². The first-order valence-corrected chi connectivity index (χ1v) is 15.0. The van der Waals surface area contributed by atoms with Crippen LogP contribution in [0.15, 0.2) is 41.9 Å². The largest absolute Gasteiger partial charge is 0.469 e. The number of thiophene rings is 1. The number of hydrogen-bond acceptors (Lipinski definition) is 8. The minimum absolute atomic E-state index is 0.00619. The lowest BCUT2D eigenvalue weighted by Crippen LogP contribution is -2.22. The summed E-state index contributed by atoms with van der Waals surface area (Å²) in [5, 5.41) is 17.6. The average Bonchev–Trinajstić information content (AvgIpc) is 3.44. The Morgan fingerprint density at radius 1 is 1.18 bits per heavy atom. The number of fused-ring (bicyclic) bond motifs is 1. The summed E-state index contributed by atoms with van der Waals surface area (Å²) in [6, 6.07) is 10.5. The molecule has 9 heteroatoms. The van der Waals surface area contributed by atoms with Crippen LogP contribution in [0.25, 0.3) is 21.9 Å². The molecule has 40 heavy (non-hydrogen) atoms. The Bertz CT molecular complexity index is 1510. The molecule has 1 fully saturated rings. The minimum atomic E-state index is -0.100. The quantitative estimate of drug-likeness (QED) is 0.219. The van der Waals surface area contributed by atoms with Crippen LogP contribution in [0.4, 0.5) is 5.82 Å². The lowest BCUT2D eigenvalue weighted by atomic mass is 9.80. The summed E-state index contributed by atoms with van der Waals surface area (Å²) in [5.41, 5.74) is 5.32. The van der Waals surface area contributed by atoms with E-state index in [0.29, 0.717) is 5.92 Å². The smallest absolute Gasteiger partial charge is 0.308 e. The number of carbonyl (C=O) groups excluding carboxylic acids is 1. The van der Waals surface area contributed by atoms with Crippen molar-refractivity contribution in [3.63, 3.8) is 0 Å². The van der Waals surface area contributed by atoms with Gasteiger partial charge in [-0.25, -0.2) is 0 Å². The molecule has 1 saturated carbocycles. The fourth-order valence-electron chi connectivity index (χ4n) is 5.66. The number of rotatable bonds is 8. The number of aryl methyl sites for hydroxylation is 1. The van der Waals surface area contributed by atoms with E-state index < -0.39 is 0 Å². The number of benzene rings is 1. The molecule has 0 spiro atoms. The molecule has 0 bridgehead atoms. The number of pyridine rings is 1. The van der Waals surface area contributed by atoms with Crippen LogP contribution >= 0.6 is 22.9 Å². The molecule has 1 atom stereocenters. The Labute approximate surface area is 244 Å². The van der Waals surface area contributed by atoms with Gasteiger partial charge in [-0.3, -0.25) is 9.78 Å². The molecule has 4 aromatic rings. The predicted octanol–water partition coefficient (Wildman–Crippen LogP) is 7.40. The van der Waals surface area contributed by atoms with Gasteiger partial charge in [-0.1, -0.05) is 23.7 Å². The molecule has 3 aromatic heterocycles. The topological polar surface area (TPSA) is 80.2 Å². The van der Waals surface area contributed by atoms with Crippen LogP contribution in [0, 0.1) is 12.8 Å². The van der Waals surface area contributed by atoms with Gasteiger partial charge in [0.1, 0.15) is 0 Å². The molecule has 210 valence electrons. The predicted molar refractivity (Wildman–Crippen MR) is 163 cm³/mol. The van der Waals surface area contributed by atoms with E-state index in [1.54, 1.807) is 11.3 Å². The summed E-state index contributed by atoms with van der Waals surface area (Å²) in [5.74, 6) is 0.960. The first kappa shape index (κ1) is 28.5. The van der Waals surface area contributed by atoms with Crippen molar-refractivity contribution >= 4 is 45.5 Å². The lowest BCUT2D eigenvalue weighted by Gasteiger charge is -2.26. The van der Waals surface area contributed by atoms with E-state index >= 15 is 0 Å². The zero-order valence-electron chi connectivity index (χ0n) is 23.7. The zero-order valence-corrected chi connectivity index (χ0v) is 25.3. The number of carbonyl (C=O) groups is 1. The molecule has 1 N–H and O–H groups in total. The van der Waals surface area contributed by atoms with Crippen molar-refractivity contribution in [1.29, 1.82) is 0 Å². The molecular weight excluding hydrogens is 542 g/mol. The van der Waals surface area contributed by atoms with Crippen molar-refractivity contribution in [3.8, 4) is 11.1 Å². The molecule has 7 nitrogen and oxygen atoms in total. The first-order chi connectivity index (χ1) is 19.2. The number of nitrogens with one attached hydrogen (secondary N) is 1. The van der Waals surface area contributed by atoms with Crippen molar-refractivity contribution in [1.82, 2.24) is 20.1 Å². The second kappa shape index (κ2) is 12.2. The molecule has 1 aliphatic rings. The molecule has 3 heterocycles. The molecule has 5 rings (SSSR count). The van der Waals surface area contributed by atoms with E-state index in [9.17, 15) is 4.79 Å². The molecule has 0 radical (unpaired) electrons. The third kappa shape index (κ3) is 5.99. The monoisotopic (exact) mass is 577 g/mol. The Morgan fingerprint density at radius 3 is 2.67 bits per heavy atom. The maximum atomic E-state index is 12.0. The highest BCUT2D eigenvalue weighted by atomic mass is 35.5. The highest BCUT2D eigenvalue weighted by molar-refractivity contribution is 7.10. The highest BCUT2D eigenvalue weighted by Crippen LogP contribution is 2.39. The number of halogens is 1. The van der Waals surface area contributed by atoms with Gasteiger partial charge in [-0.05, 0) is 88.3 Å². The fraction of sp³-hybridized carbons (Fsp3) is 0.419. The van der Waals surface area contributed by atoms with Crippen LogP contribution in [0.1, 0.15) is 66.4 Å². The van der Waals surface area contributed by atoms with Gasteiger partial charge in [0, 0.05) is 50.6 Å². The standard InChI is InChI=1S/C31H36ClN5O2S/c1-18-25-15-33-27(20-9-11-21(12-10-20)31(38)39-5)14-24(25)30(36-35-18)34-19(2)28-13-23(17-40-28)29-22(16-37(3)4)7-6-8-26(29)32/h6-8,13-15,17,19-21H,9-12,16H2,1-5H3,(H,34,36)/t19-,20?,21?/m1/s1. The molecule has 0 unspecified atom stereocenters. The lowest BCUT2D eigenvalue weighted by molar-refractivity contribution is -0.146. The number of aromatic nitrogens is 3. The number of hydrogen-bond donors (Lipinski definition) is 1. The van der Waals surface area contributed by atoms with E-state index in [-0.39, 0.29) is 17.9 Å². The van der Waals surface area contributed by atoms with Crippen molar-refractivity contribution in [2.24, 2.45) is 5.92 Å². The zero-order chi connectivity index (χ0) is 28.4. The number of anilines is 1. The van der Waals surface area contributed by atoms with Gasteiger partial charge in [-0.2, -0.15) is 5.10 Å². The van der Waals surface area contributed by atoms with Crippen molar-refractivity contribution < 1.29 is 9.53 Å². The van der Waals surface area contributed by atoms with Gasteiger partial charge in [0.15, 0.2) is 5.82 Å². The van der Waals surface area contributed by atoms with Crippen molar-refractivity contribution in [2.45, 2.75) is 58.0 Å². The summed E-state index contributed by atoms with van der Waals surface area (Å²) in [4.78, 5) is 20.1. The number of ether oxygens (including phenoxy) is 1. The van der Waals surface area contributed by atoms with E-state index in [2.05, 4.69) is 65.0 Å². The molecule has 1 aromatic carbocycles. The summed E-state index contributed by atoms with van der Waals surface area (Å²) in [7, 11) is 5.60. The molecule has 0 aliphatic heterocycles.